The predicted molar refractivity (Wildman–Crippen MR) is 84.5 cm³/mol. The molecule has 0 aliphatic carbocycles. The number of nitrogens with one attached hydrogen (secondary N) is 1. The molecule has 2 aromatic rings. The average Bonchev–Trinajstić information content (AvgIpc) is 2.51. The Morgan fingerprint density at radius 1 is 1.19 bits per heavy atom. The van der Waals surface area contributed by atoms with Gasteiger partial charge in [0.25, 0.3) is 5.91 Å². The maximum atomic E-state index is 11.9. The highest BCUT2D eigenvalue weighted by molar-refractivity contribution is 6.43. The minimum absolute atomic E-state index is 0.327. The third kappa shape index (κ3) is 3.97. The van der Waals surface area contributed by atoms with Gasteiger partial charge in [0.2, 0.25) is 0 Å². The number of halogens is 2. The lowest BCUT2D eigenvalue weighted by Gasteiger charge is -2.02. The fourth-order valence-corrected chi connectivity index (χ4v) is 1.94. The van der Waals surface area contributed by atoms with Crippen LogP contribution in [0.5, 0.6) is 5.75 Å². The smallest absolute Gasteiger partial charge is 0.271 e. The van der Waals surface area contributed by atoms with Crippen molar-refractivity contribution in [3.63, 3.8) is 0 Å². The van der Waals surface area contributed by atoms with Gasteiger partial charge in [0.1, 0.15) is 5.75 Å². The molecule has 0 atom stereocenters. The van der Waals surface area contributed by atoms with Crippen molar-refractivity contribution in [3.05, 3.63) is 63.6 Å². The first kappa shape index (κ1) is 15.4. The number of ether oxygens (including phenoxy) is 1. The van der Waals surface area contributed by atoms with Crippen molar-refractivity contribution < 1.29 is 9.53 Å². The van der Waals surface area contributed by atoms with Crippen LogP contribution in [-0.2, 0) is 0 Å². The second-order valence-corrected chi connectivity index (χ2v) is 4.86. The normalized spacial score (nSPS) is 10.6. The van der Waals surface area contributed by atoms with E-state index in [0.29, 0.717) is 26.9 Å². The van der Waals surface area contributed by atoms with Crippen LogP contribution in [0.15, 0.2) is 47.6 Å². The van der Waals surface area contributed by atoms with Crippen molar-refractivity contribution in [1.82, 2.24) is 5.43 Å². The molecule has 108 valence electrons. The van der Waals surface area contributed by atoms with Crippen LogP contribution in [0.2, 0.25) is 10.0 Å². The lowest BCUT2D eigenvalue weighted by molar-refractivity contribution is 0.0955. The first-order chi connectivity index (χ1) is 10.1. The zero-order valence-corrected chi connectivity index (χ0v) is 12.7. The molecule has 0 unspecified atom stereocenters. The van der Waals surface area contributed by atoms with Gasteiger partial charge in [-0.1, -0.05) is 35.3 Å². The van der Waals surface area contributed by atoms with Gasteiger partial charge in [-0.05, 0) is 30.3 Å². The number of benzene rings is 2. The molecule has 0 aromatic heterocycles. The summed E-state index contributed by atoms with van der Waals surface area (Å²) in [7, 11) is 1.56. The molecule has 2 rings (SSSR count). The van der Waals surface area contributed by atoms with E-state index in [-0.39, 0.29) is 5.91 Å². The quantitative estimate of drug-likeness (QED) is 0.688. The number of carbonyl (C=O) groups excluding carboxylic acids is 1. The molecule has 0 saturated carbocycles. The van der Waals surface area contributed by atoms with Gasteiger partial charge in [0, 0.05) is 11.1 Å². The molecular weight excluding hydrogens is 311 g/mol. The lowest BCUT2D eigenvalue weighted by atomic mass is 10.2. The van der Waals surface area contributed by atoms with Gasteiger partial charge in [-0.25, -0.2) is 5.43 Å². The average molecular weight is 323 g/mol. The molecule has 1 N–H and O–H groups in total. The highest BCUT2D eigenvalue weighted by Gasteiger charge is 2.05. The molecule has 0 aliphatic heterocycles. The Balaban J connectivity index is 2.03. The van der Waals surface area contributed by atoms with E-state index >= 15 is 0 Å². The summed E-state index contributed by atoms with van der Waals surface area (Å²) in [4.78, 5) is 11.9. The van der Waals surface area contributed by atoms with Crippen LogP contribution in [0.25, 0.3) is 0 Å². The zero-order chi connectivity index (χ0) is 15.2. The molecule has 0 bridgehead atoms. The van der Waals surface area contributed by atoms with Crippen LogP contribution in [-0.4, -0.2) is 19.2 Å². The van der Waals surface area contributed by atoms with Crippen molar-refractivity contribution in [3.8, 4) is 5.75 Å². The second-order valence-electron chi connectivity index (χ2n) is 4.07. The van der Waals surface area contributed by atoms with Crippen molar-refractivity contribution in [2.45, 2.75) is 0 Å². The molecule has 0 heterocycles. The van der Waals surface area contributed by atoms with Gasteiger partial charge in [-0.2, -0.15) is 5.10 Å². The van der Waals surface area contributed by atoms with E-state index in [2.05, 4.69) is 10.5 Å². The first-order valence-corrected chi connectivity index (χ1v) is 6.79. The summed E-state index contributed by atoms with van der Waals surface area (Å²) in [5, 5.41) is 4.69. The molecule has 0 fully saturated rings. The summed E-state index contributed by atoms with van der Waals surface area (Å²) in [5.41, 5.74) is 3.52. The van der Waals surface area contributed by atoms with Gasteiger partial charge in [-0.3, -0.25) is 4.79 Å². The zero-order valence-electron chi connectivity index (χ0n) is 11.1. The van der Waals surface area contributed by atoms with E-state index in [4.69, 9.17) is 27.9 Å². The molecular formula is C15H12Cl2N2O2. The molecule has 0 aliphatic rings. The van der Waals surface area contributed by atoms with Crippen molar-refractivity contribution >= 4 is 35.3 Å². The summed E-state index contributed by atoms with van der Waals surface area (Å²) in [6.45, 7) is 0. The highest BCUT2D eigenvalue weighted by Crippen LogP contribution is 2.24. The Kier molecular flexibility index (Phi) is 5.20. The lowest BCUT2D eigenvalue weighted by Crippen LogP contribution is -2.17. The van der Waals surface area contributed by atoms with Crippen LogP contribution >= 0.6 is 23.2 Å². The fraction of sp³-hybridized carbons (Fsp3) is 0.0667. The van der Waals surface area contributed by atoms with Crippen molar-refractivity contribution in [2.24, 2.45) is 5.10 Å². The van der Waals surface area contributed by atoms with Crippen LogP contribution < -0.4 is 10.2 Å². The molecule has 4 nitrogen and oxygen atoms in total. The summed E-state index contributed by atoms with van der Waals surface area (Å²) in [5.74, 6) is 0.354. The van der Waals surface area contributed by atoms with Gasteiger partial charge in [0.05, 0.1) is 23.4 Å². The van der Waals surface area contributed by atoms with Crippen molar-refractivity contribution in [1.29, 1.82) is 0 Å². The second kappa shape index (κ2) is 7.11. The Morgan fingerprint density at radius 3 is 2.57 bits per heavy atom. The standard InChI is InChI=1S/C15H12Cl2N2O2/c1-21-12-7-5-10(6-8-12)15(20)19-18-9-11-3-2-4-13(16)14(11)17/h2-9H,1H3,(H,19,20). The monoisotopic (exact) mass is 322 g/mol. The molecule has 0 radical (unpaired) electrons. The van der Waals surface area contributed by atoms with Crippen LogP contribution in [0.3, 0.4) is 0 Å². The van der Waals surface area contributed by atoms with E-state index in [0.717, 1.165) is 0 Å². The molecule has 0 saturated heterocycles. The fourth-order valence-electron chi connectivity index (χ4n) is 1.59. The number of methoxy groups -OCH3 is 1. The summed E-state index contributed by atoms with van der Waals surface area (Å²) >= 11 is 11.9. The number of hydrogen-bond acceptors (Lipinski definition) is 3. The number of hydrogen-bond donors (Lipinski definition) is 1. The largest absolute Gasteiger partial charge is 0.497 e. The van der Waals surface area contributed by atoms with E-state index in [1.54, 1.807) is 49.6 Å². The maximum Gasteiger partial charge on any atom is 0.271 e. The Bertz CT molecular complexity index is 670. The maximum absolute atomic E-state index is 11.9. The summed E-state index contributed by atoms with van der Waals surface area (Å²) < 4.78 is 5.02. The minimum atomic E-state index is -0.327. The van der Waals surface area contributed by atoms with Gasteiger partial charge < -0.3 is 4.74 Å². The third-order valence-corrected chi connectivity index (χ3v) is 3.54. The molecule has 1 amide bonds. The van der Waals surface area contributed by atoms with E-state index in [1.807, 2.05) is 0 Å². The van der Waals surface area contributed by atoms with Crippen LogP contribution in [0, 0.1) is 0 Å². The van der Waals surface area contributed by atoms with E-state index in [9.17, 15) is 4.79 Å². The SMILES string of the molecule is COc1ccc(C(=O)NN=Cc2cccc(Cl)c2Cl)cc1. The van der Waals surface area contributed by atoms with E-state index < -0.39 is 0 Å². The number of nitrogens with zero attached hydrogens (tertiary/aromatic N) is 1. The predicted octanol–water partition coefficient (Wildman–Crippen LogP) is 3.77. The summed E-state index contributed by atoms with van der Waals surface area (Å²) in [6, 6.07) is 11.9. The number of amides is 1. The minimum Gasteiger partial charge on any atom is -0.497 e. The topological polar surface area (TPSA) is 50.7 Å². The third-order valence-electron chi connectivity index (χ3n) is 2.70. The van der Waals surface area contributed by atoms with Gasteiger partial charge in [0.15, 0.2) is 0 Å². The number of rotatable bonds is 4. The van der Waals surface area contributed by atoms with Crippen LogP contribution in [0.1, 0.15) is 15.9 Å². The summed E-state index contributed by atoms with van der Waals surface area (Å²) in [6.07, 6.45) is 1.44. The number of hydrazone groups is 1. The Labute approximate surface area is 132 Å². The molecule has 21 heavy (non-hydrogen) atoms. The Morgan fingerprint density at radius 2 is 1.90 bits per heavy atom. The van der Waals surface area contributed by atoms with Gasteiger partial charge >= 0.3 is 0 Å². The first-order valence-electron chi connectivity index (χ1n) is 6.03. The van der Waals surface area contributed by atoms with E-state index in [1.165, 1.54) is 6.21 Å². The molecule has 0 spiro atoms. The van der Waals surface area contributed by atoms with Crippen LogP contribution in [0.4, 0.5) is 0 Å². The van der Waals surface area contributed by atoms with Gasteiger partial charge in [-0.15, -0.1) is 0 Å². The van der Waals surface area contributed by atoms with Crippen molar-refractivity contribution in [2.75, 3.05) is 7.11 Å². The Hall–Kier alpha value is -2.04. The number of carbonyl (C=O) groups is 1. The molecule has 6 heteroatoms. The highest BCUT2D eigenvalue weighted by atomic mass is 35.5. The molecule has 2 aromatic carbocycles.